The number of hydrogen-bond acceptors (Lipinski definition) is 3. The maximum Gasteiger partial charge on any atom is 0.248 e. The number of aromatic nitrogens is 4. The van der Waals surface area contributed by atoms with Gasteiger partial charge in [-0.3, -0.25) is 14.5 Å². The van der Waals surface area contributed by atoms with Crippen LogP contribution in [0.5, 0.6) is 0 Å². The van der Waals surface area contributed by atoms with Crippen molar-refractivity contribution in [2.24, 2.45) is 5.92 Å². The third-order valence-corrected chi connectivity index (χ3v) is 2.63. The molecule has 5 nitrogen and oxygen atoms in total. The highest BCUT2D eigenvalue weighted by Gasteiger charge is 2.10. The Morgan fingerprint density at radius 1 is 1.47 bits per heavy atom. The molecule has 0 saturated heterocycles. The summed E-state index contributed by atoms with van der Waals surface area (Å²) in [5.74, 6) is 1.12. The van der Waals surface area contributed by atoms with Crippen LogP contribution in [0.4, 0.5) is 0 Å². The van der Waals surface area contributed by atoms with Gasteiger partial charge in [0.2, 0.25) is 5.56 Å². The van der Waals surface area contributed by atoms with Gasteiger partial charge in [0.25, 0.3) is 0 Å². The Hall–Kier alpha value is -1.69. The van der Waals surface area contributed by atoms with E-state index in [2.05, 4.69) is 29.0 Å². The number of nitrogens with zero attached hydrogens (tertiary/aromatic N) is 2. The van der Waals surface area contributed by atoms with Gasteiger partial charge in [0.15, 0.2) is 10.6 Å². The first-order valence-corrected chi connectivity index (χ1v) is 5.83. The average Bonchev–Trinajstić information content (AvgIpc) is 2.60. The normalized spacial score (nSPS) is 11.0. The van der Waals surface area contributed by atoms with Crippen molar-refractivity contribution in [2.75, 3.05) is 0 Å². The molecule has 0 bridgehead atoms. The van der Waals surface area contributed by atoms with Crippen LogP contribution in [0.1, 0.15) is 13.8 Å². The molecule has 2 aromatic heterocycles. The van der Waals surface area contributed by atoms with Crippen molar-refractivity contribution in [2.45, 2.75) is 20.4 Å². The third-order valence-electron chi connectivity index (χ3n) is 2.32. The molecule has 0 aliphatic heterocycles. The van der Waals surface area contributed by atoms with Gasteiger partial charge < -0.3 is 4.98 Å². The lowest BCUT2D eigenvalue weighted by Crippen LogP contribution is -2.10. The van der Waals surface area contributed by atoms with E-state index in [0.29, 0.717) is 22.2 Å². The van der Waals surface area contributed by atoms with Crippen molar-refractivity contribution >= 4 is 12.2 Å². The van der Waals surface area contributed by atoms with Gasteiger partial charge in [-0.1, -0.05) is 19.9 Å². The summed E-state index contributed by atoms with van der Waals surface area (Å²) in [4.78, 5) is 14.0. The molecule has 0 unspecified atom stereocenters. The molecule has 17 heavy (non-hydrogen) atoms. The summed E-state index contributed by atoms with van der Waals surface area (Å²) in [6.45, 7) is 4.97. The summed E-state index contributed by atoms with van der Waals surface area (Å²) in [5, 5.41) is 6.91. The highest BCUT2D eigenvalue weighted by atomic mass is 32.1. The zero-order chi connectivity index (χ0) is 12.4. The molecule has 0 spiro atoms. The zero-order valence-electron chi connectivity index (χ0n) is 9.73. The number of H-pyrrole nitrogens is 2. The van der Waals surface area contributed by atoms with Crippen LogP contribution in [0.3, 0.4) is 0 Å². The van der Waals surface area contributed by atoms with E-state index in [9.17, 15) is 4.79 Å². The predicted octanol–water partition coefficient (Wildman–Crippen LogP) is 1.95. The second-order valence-corrected chi connectivity index (χ2v) is 4.67. The van der Waals surface area contributed by atoms with Crippen molar-refractivity contribution in [1.29, 1.82) is 0 Å². The Morgan fingerprint density at radius 3 is 2.88 bits per heavy atom. The Morgan fingerprint density at radius 2 is 2.24 bits per heavy atom. The fourth-order valence-electron chi connectivity index (χ4n) is 1.64. The number of rotatable bonds is 3. The fourth-order valence-corrected chi connectivity index (χ4v) is 1.84. The zero-order valence-corrected chi connectivity index (χ0v) is 10.5. The van der Waals surface area contributed by atoms with Crippen LogP contribution >= 0.6 is 12.2 Å². The SMILES string of the molecule is CC(C)Cn1c(-c2cccc(=O)[nH]2)n[nH]c1=S. The molecule has 0 amide bonds. The summed E-state index contributed by atoms with van der Waals surface area (Å²) in [6, 6.07) is 4.98. The highest BCUT2D eigenvalue weighted by molar-refractivity contribution is 7.71. The largest absolute Gasteiger partial charge is 0.319 e. The lowest BCUT2D eigenvalue weighted by molar-refractivity contribution is 0.521. The van der Waals surface area contributed by atoms with Gasteiger partial charge in [0.1, 0.15) is 0 Å². The smallest absolute Gasteiger partial charge is 0.248 e. The summed E-state index contributed by atoms with van der Waals surface area (Å²) in [7, 11) is 0. The lowest BCUT2D eigenvalue weighted by atomic mass is 10.2. The molecule has 0 aromatic carbocycles. The van der Waals surface area contributed by atoms with Crippen LogP contribution in [0, 0.1) is 10.7 Å². The van der Waals surface area contributed by atoms with E-state index in [1.54, 1.807) is 6.07 Å². The minimum Gasteiger partial charge on any atom is -0.319 e. The van der Waals surface area contributed by atoms with Crippen molar-refractivity contribution < 1.29 is 0 Å². The van der Waals surface area contributed by atoms with Crippen LogP contribution in [0.15, 0.2) is 23.0 Å². The van der Waals surface area contributed by atoms with E-state index < -0.39 is 0 Å². The van der Waals surface area contributed by atoms with E-state index in [1.807, 2.05) is 10.6 Å². The van der Waals surface area contributed by atoms with Crippen LogP contribution in [0.25, 0.3) is 11.5 Å². The Kier molecular flexibility index (Phi) is 3.23. The Bertz CT molecular complexity index is 623. The number of aromatic amines is 2. The first kappa shape index (κ1) is 11.8. The molecular formula is C11H14N4OS. The summed E-state index contributed by atoms with van der Waals surface area (Å²) in [5.41, 5.74) is 0.526. The molecular weight excluding hydrogens is 236 g/mol. The first-order chi connectivity index (χ1) is 8.08. The summed E-state index contributed by atoms with van der Waals surface area (Å²) < 4.78 is 2.46. The number of nitrogens with one attached hydrogen (secondary N) is 2. The monoisotopic (exact) mass is 250 g/mol. The average molecular weight is 250 g/mol. The van der Waals surface area contributed by atoms with E-state index in [0.717, 1.165) is 6.54 Å². The Labute approximate surface area is 104 Å². The van der Waals surface area contributed by atoms with Crippen molar-refractivity contribution in [1.82, 2.24) is 19.7 Å². The van der Waals surface area contributed by atoms with Crippen LogP contribution in [-0.2, 0) is 6.54 Å². The van der Waals surface area contributed by atoms with Gasteiger partial charge >= 0.3 is 0 Å². The topological polar surface area (TPSA) is 66.5 Å². The molecule has 0 saturated carbocycles. The van der Waals surface area contributed by atoms with Crippen molar-refractivity contribution in [3.63, 3.8) is 0 Å². The predicted molar refractivity (Wildman–Crippen MR) is 68.3 cm³/mol. The number of pyridine rings is 1. The second kappa shape index (κ2) is 4.67. The van der Waals surface area contributed by atoms with Crippen molar-refractivity contribution in [3.8, 4) is 11.5 Å². The summed E-state index contributed by atoms with van der Waals surface area (Å²) >= 11 is 5.18. The number of hydrogen-bond donors (Lipinski definition) is 2. The van der Waals surface area contributed by atoms with E-state index in [1.165, 1.54) is 6.07 Å². The third kappa shape index (κ3) is 2.52. The van der Waals surface area contributed by atoms with Gasteiger partial charge in [-0.15, -0.1) is 0 Å². The molecule has 2 rings (SSSR count). The van der Waals surface area contributed by atoms with Gasteiger partial charge in [-0.25, -0.2) is 0 Å². The highest BCUT2D eigenvalue weighted by Crippen LogP contribution is 2.14. The van der Waals surface area contributed by atoms with Crippen LogP contribution in [0.2, 0.25) is 0 Å². The van der Waals surface area contributed by atoms with Crippen LogP contribution < -0.4 is 5.56 Å². The van der Waals surface area contributed by atoms with Gasteiger partial charge in [-0.2, -0.15) is 5.10 Å². The molecule has 0 radical (unpaired) electrons. The second-order valence-electron chi connectivity index (χ2n) is 4.29. The molecule has 0 aliphatic rings. The van der Waals surface area contributed by atoms with Crippen LogP contribution in [-0.4, -0.2) is 19.7 Å². The molecule has 6 heteroatoms. The van der Waals surface area contributed by atoms with Gasteiger partial charge in [-0.05, 0) is 24.2 Å². The quantitative estimate of drug-likeness (QED) is 0.818. The molecule has 90 valence electrons. The van der Waals surface area contributed by atoms with Gasteiger partial charge in [0, 0.05) is 12.6 Å². The summed E-state index contributed by atoms with van der Waals surface area (Å²) in [6.07, 6.45) is 0. The van der Waals surface area contributed by atoms with E-state index in [4.69, 9.17) is 12.2 Å². The Balaban J connectivity index is 2.53. The molecule has 0 fully saturated rings. The molecule has 2 aromatic rings. The minimum atomic E-state index is -0.146. The maximum atomic E-state index is 11.3. The first-order valence-electron chi connectivity index (χ1n) is 5.43. The van der Waals surface area contributed by atoms with E-state index in [-0.39, 0.29) is 5.56 Å². The standard InChI is InChI=1S/C11H14N4OS/c1-7(2)6-15-10(13-14-11(15)17)8-4-3-5-9(16)12-8/h3-5,7H,6H2,1-2H3,(H,12,16)(H,14,17). The fraction of sp³-hybridized carbons (Fsp3) is 0.364. The maximum absolute atomic E-state index is 11.3. The minimum absolute atomic E-state index is 0.146. The van der Waals surface area contributed by atoms with E-state index >= 15 is 0 Å². The molecule has 0 atom stereocenters. The van der Waals surface area contributed by atoms with Gasteiger partial charge in [0.05, 0.1) is 5.69 Å². The molecule has 2 N–H and O–H groups in total. The lowest BCUT2D eigenvalue weighted by Gasteiger charge is -2.08. The molecule has 0 aliphatic carbocycles. The van der Waals surface area contributed by atoms with Crippen molar-refractivity contribution in [3.05, 3.63) is 33.3 Å². The molecule has 2 heterocycles.